The predicted octanol–water partition coefficient (Wildman–Crippen LogP) is 0.385. The molecule has 56 heavy (non-hydrogen) atoms. The fraction of sp³-hybridized carbons (Fsp3) is 0.667. The van der Waals surface area contributed by atoms with E-state index < -0.39 is 11.9 Å². The number of ether oxygens (including phenoxy) is 8. The summed E-state index contributed by atoms with van der Waals surface area (Å²) in [4.78, 5) is 66.0. The van der Waals surface area contributed by atoms with Crippen LogP contribution in [-0.4, -0.2) is 172 Å². The van der Waals surface area contributed by atoms with Crippen molar-refractivity contribution >= 4 is 35.8 Å². The van der Waals surface area contributed by atoms with Crippen LogP contribution in [0.15, 0.2) is 24.3 Å². The topological polar surface area (TPSA) is 298 Å². The lowest BCUT2D eigenvalue weighted by atomic mass is 10.1. The lowest BCUT2D eigenvalue weighted by Crippen LogP contribution is -2.13. The molecule has 0 bridgehead atoms. The molecular weight excluding hydrogens is 752 g/mol. The Bertz CT molecular complexity index is 1040. The van der Waals surface area contributed by atoms with Gasteiger partial charge in [0.15, 0.2) is 0 Å². The number of hydrogen-bond acceptors (Lipinski definition) is 18. The first-order valence-electron chi connectivity index (χ1n) is 18.0. The van der Waals surface area contributed by atoms with Crippen molar-refractivity contribution in [2.24, 2.45) is 0 Å². The van der Waals surface area contributed by atoms with Crippen LogP contribution in [0.25, 0.3) is 0 Å². The van der Waals surface area contributed by atoms with Crippen molar-refractivity contribution in [1.29, 1.82) is 0 Å². The van der Waals surface area contributed by atoms with E-state index >= 15 is 0 Å². The van der Waals surface area contributed by atoms with Crippen LogP contribution in [0.4, 0.5) is 0 Å². The Kier molecular flexibility index (Phi) is 38.8. The molecule has 0 heterocycles. The molecule has 6 N–H and O–H groups in total. The minimum absolute atomic E-state index is 0.0186. The molecule has 20 nitrogen and oxygen atoms in total. The molecule has 1 rings (SSSR count). The largest absolute Gasteiger partial charge is 0.478 e. The van der Waals surface area contributed by atoms with Crippen molar-refractivity contribution in [3.8, 4) is 0 Å². The standard InChI is InChI=1S/2C14H26O8.C8H6O4/c2*15-5-7-19-9-11-21-13(17)3-1-2-4-14(18)22-12-10-20-8-6-16;9-7(10)5-2-1-3-6(4-5)8(11)12/h2*15-16H,1-12H2;1-4H,(H,9,10)(H,11,12). The number of carbonyl (C=O) groups is 6. The zero-order chi connectivity index (χ0) is 42.1. The summed E-state index contributed by atoms with van der Waals surface area (Å²) in [6.07, 6.45) is 3.16. The van der Waals surface area contributed by atoms with Crippen LogP contribution in [0.5, 0.6) is 0 Å². The molecule has 1 aromatic carbocycles. The fourth-order valence-electron chi connectivity index (χ4n) is 3.68. The van der Waals surface area contributed by atoms with Crippen LogP contribution in [0, 0.1) is 0 Å². The summed E-state index contributed by atoms with van der Waals surface area (Å²) in [5, 5.41) is 50.9. The first-order valence-corrected chi connectivity index (χ1v) is 18.0. The van der Waals surface area contributed by atoms with Gasteiger partial charge in [0.25, 0.3) is 0 Å². The van der Waals surface area contributed by atoms with Gasteiger partial charge in [-0.2, -0.15) is 0 Å². The fourth-order valence-corrected chi connectivity index (χ4v) is 3.68. The van der Waals surface area contributed by atoms with Gasteiger partial charge in [-0.1, -0.05) is 6.07 Å². The molecular formula is C36H58O20. The van der Waals surface area contributed by atoms with Gasteiger partial charge in [0.05, 0.1) is 90.4 Å². The SMILES string of the molecule is O=C(CCCCC(=O)OCCOCCO)OCCOCCO.O=C(CCCCC(=O)OCCOCCO)OCCOCCO.O=C(O)c1cccc(C(=O)O)c1. The molecule has 0 aliphatic rings. The van der Waals surface area contributed by atoms with Crippen LogP contribution in [0.3, 0.4) is 0 Å². The summed E-state index contributed by atoms with van der Waals surface area (Å²) in [5.41, 5.74) is -0.0372. The molecule has 0 aliphatic heterocycles. The van der Waals surface area contributed by atoms with E-state index in [9.17, 15) is 28.8 Å². The molecule has 0 unspecified atom stereocenters. The maximum atomic E-state index is 11.3. The first kappa shape index (κ1) is 53.8. The third kappa shape index (κ3) is 38.0. The number of hydrogen-bond donors (Lipinski definition) is 6. The minimum Gasteiger partial charge on any atom is -0.478 e. The number of esters is 4. The molecule has 0 radical (unpaired) electrons. The molecule has 0 spiro atoms. The highest BCUT2D eigenvalue weighted by atomic mass is 16.6. The van der Waals surface area contributed by atoms with Gasteiger partial charge in [-0.15, -0.1) is 0 Å². The van der Waals surface area contributed by atoms with Gasteiger partial charge in [0, 0.05) is 25.7 Å². The molecule has 1 aromatic rings. The highest BCUT2D eigenvalue weighted by Gasteiger charge is 2.09. The average Bonchev–Trinajstić information content (AvgIpc) is 3.18. The van der Waals surface area contributed by atoms with E-state index in [2.05, 4.69) is 0 Å². The molecule has 0 saturated heterocycles. The maximum Gasteiger partial charge on any atom is 0.335 e. The van der Waals surface area contributed by atoms with Crippen LogP contribution in [-0.2, 0) is 57.1 Å². The number of rotatable bonds is 32. The van der Waals surface area contributed by atoms with Crippen molar-refractivity contribution < 1.29 is 97.3 Å². The third-order valence-corrected chi connectivity index (χ3v) is 6.29. The summed E-state index contributed by atoms with van der Waals surface area (Å²) in [7, 11) is 0. The Morgan fingerprint density at radius 3 is 0.857 bits per heavy atom. The molecule has 0 aliphatic carbocycles. The van der Waals surface area contributed by atoms with Gasteiger partial charge < -0.3 is 68.5 Å². The smallest absolute Gasteiger partial charge is 0.335 e. The van der Waals surface area contributed by atoms with Gasteiger partial charge in [-0.25, -0.2) is 9.59 Å². The Hall–Kier alpha value is -4.28. The first-order chi connectivity index (χ1) is 27.0. The van der Waals surface area contributed by atoms with Crippen molar-refractivity contribution in [3.05, 3.63) is 35.4 Å². The van der Waals surface area contributed by atoms with E-state index in [1.807, 2.05) is 0 Å². The summed E-state index contributed by atoms with van der Waals surface area (Å²) < 4.78 is 39.4. The second-order valence-corrected chi connectivity index (χ2v) is 10.8. The number of aliphatic hydroxyl groups is 4. The van der Waals surface area contributed by atoms with Crippen molar-refractivity contribution in [2.45, 2.75) is 51.4 Å². The van der Waals surface area contributed by atoms with Crippen LogP contribution < -0.4 is 0 Å². The van der Waals surface area contributed by atoms with Gasteiger partial charge >= 0.3 is 35.8 Å². The van der Waals surface area contributed by atoms with Crippen LogP contribution >= 0.6 is 0 Å². The van der Waals surface area contributed by atoms with E-state index in [-0.39, 0.29) is 166 Å². The minimum atomic E-state index is -1.13. The quantitative estimate of drug-likeness (QED) is 0.0326. The molecule has 0 amide bonds. The average molecular weight is 811 g/mol. The van der Waals surface area contributed by atoms with Crippen molar-refractivity contribution in [2.75, 3.05) is 106 Å². The summed E-state index contributed by atoms with van der Waals surface area (Å²) in [5.74, 6) is -3.59. The third-order valence-electron chi connectivity index (χ3n) is 6.29. The molecule has 0 aromatic heterocycles. The predicted molar refractivity (Wildman–Crippen MR) is 193 cm³/mol. The Labute approximate surface area is 325 Å². The highest BCUT2D eigenvalue weighted by Crippen LogP contribution is 2.06. The maximum absolute atomic E-state index is 11.3. The number of carboxylic acids is 2. The monoisotopic (exact) mass is 810 g/mol. The van der Waals surface area contributed by atoms with E-state index in [0.717, 1.165) is 6.07 Å². The second kappa shape index (κ2) is 40.4. The number of aliphatic hydroxyl groups excluding tert-OH is 4. The van der Waals surface area contributed by atoms with Gasteiger partial charge in [0.2, 0.25) is 0 Å². The molecule has 0 saturated carbocycles. The van der Waals surface area contributed by atoms with Crippen LogP contribution in [0.1, 0.15) is 72.1 Å². The number of unbranched alkanes of at least 4 members (excludes halogenated alkanes) is 2. The number of aromatic carboxylic acids is 2. The summed E-state index contributed by atoms with van der Waals surface area (Å²) in [6.45, 7) is 2.37. The van der Waals surface area contributed by atoms with Crippen molar-refractivity contribution in [1.82, 2.24) is 0 Å². The summed E-state index contributed by atoms with van der Waals surface area (Å²) >= 11 is 0. The van der Waals surface area contributed by atoms with E-state index in [1.165, 1.54) is 18.2 Å². The Morgan fingerprint density at radius 2 is 0.643 bits per heavy atom. The second-order valence-electron chi connectivity index (χ2n) is 10.8. The molecule has 0 fully saturated rings. The number of benzene rings is 1. The van der Waals surface area contributed by atoms with E-state index in [0.29, 0.717) is 25.7 Å². The van der Waals surface area contributed by atoms with Gasteiger partial charge in [-0.3, -0.25) is 19.2 Å². The van der Waals surface area contributed by atoms with Gasteiger partial charge in [-0.05, 0) is 43.9 Å². The van der Waals surface area contributed by atoms with Gasteiger partial charge in [0.1, 0.15) is 26.4 Å². The van der Waals surface area contributed by atoms with Crippen molar-refractivity contribution in [3.63, 3.8) is 0 Å². The Morgan fingerprint density at radius 1 is 0.393 bits per heavy atom. The highest BCUT2D eigenvalue weighted by molar-refractivity contribution is 5.93. The normalized spacial score (nSPS) is 10.2. The number of carbonyl (C=O) groups excluding carboxylic acids is 4. The molecule has 0 atom stereocenters. The van der Waals surface area contributed by atoms with E-state index in [4.69, 9.17) is 68.5 Å². The van der Waals surface area contributed by atoms with E-state index in [1.54, 1.807) is 0 Å². The molecule has 20 heteroatoms. The Balaban J connectivity index is 0. The lowest BCUT2D eigenvalue weighted by molar-refractivity contribution is -0.147. The lowest BCUT2D eigenvalue weighted by Gasteiger charge is -2.06. The summed E-state index contributed by atoms with van der Waals surface area (Å²) in [6, 6.07) is 5.20. The zero-order valence-electron chi connectivity index (χ0n) is 31.7. The van der Waals surface area contributed by atoms with Crippen LogP contribution in [0.2, 0.25) is 0 Å². The molecule has 322 valence electrons. The number of carboxylic acid groups (broad SMARTS) is 2. The zero-order valence-corrected chi connectivity index (χ0v) is 31.7.